The van der Waals surface area contributed by atoms with Crippen LogP contribution in [-0.2, 0) is 19.6 Å². The molecule has 4 rings (SSSR count). The first-order valence-electron chi connectivity index (χ1n) is 7.60. The number of hydrogen-bond donors (Lipinski definition) is 0. The molecule has 0 saturated carbocycles. The maximum Gasteiger partial charge on any atom is 0.289 e. The SMILES string of the molecule is O=C(c1ccco1)N1Cc2nccn2C[C@@H](Cn2cccn2)C1. The van der Waals surface area contributed by atoms with E-state index in [2.05, 4.69) is 14.6 Å². The molecule has 0 unspecified atom stereocenters. The summed E-state index contributed by atoms with van der Waals surface area (Å²) in [6.07, 6.45) is 8.98. The quantitative estimate of drug-likeness (QED) is 0.737. The number of rotatable bonds is 3. The number of furan rings is 1. The largest absolute Gasteiger partial charge is 0.459 e. The lowest BCUT2D eigenvalue weighted by Crippen LogP contribution is -2.35. The van der Waals surface area contributed by atoms with Gasteiger partial charge in [0.15, 0.2) is 5.76 Å². The summed E-state index contributed by atoms with van der Waals surface area (Å²) in [4.78, 5) is 18.8. The Morgan fingerprint density at radius 2 is 2.22 bits per heavy atom. The highest BCUT2D eigenvalue weighted by molar-refractivity contribution is 5.91. The summed E-state index contributed by atoms with van der Waals surface area (Å²) in [7, 11) is 0. The topological polar surface area (TPSA) is 69.1 Å². The lowest BCUT2D eigenvalue weighted by molar-refractivity contribution is 0.0680. The number of imidazole rings is 1. The second kappa shape index (κ2) is 5.75. The minimum Gasteiger partial charge on any atom is -0.459 e. The van der Waals surface area contributed by atoms with E-state index in [1.807, 2.05) is 23.1 Å². The number of hydrogen-bond acceptors (Lipinski definition) is 4. The van der Waals surface area contributed by atoms with Crippen molar-refractivity contribution in [3.63, 3.8) is 0 Å². The van der Waals surface area contributed by atoms with Gasteiger partial charge in [-0.25, -0.2) is 4.98 Å². The fourth-order valence-electron chi connectivity index (χ4n) is 3.04. The van der Waals surface area contributed by atoms with Crippen LogP contribution in [0.15, 0.2) is 53.7 Å². The van der Waals surface area contributed by atoms with Crippen LogP contribution in [-0.4, -0.2) is 36.7 Å². The van der Waals surface area contributed by atoms with Gasteiger partial charge in [-0.15, -0.1) is 0 Å². The van der Waals surface area contributed by atoms with Gasteiger partial charge in [0.2, 0.25) is 0 Å². The average Bonchev–Trinajstić information content (AvgIpc) is 3.28. The minimum atomic E-state index is -0.100. The monoisotopic (exact) mass is 311 g/mol. The van der Waals surface area contributed by atoms with Crippen LogP contribution in [0, 0.1) is 5.92 Å². The van der Waals surface area contributed by atoms with Crippen LogP contribution in [0.2, 0.25) is 0 Å². The molecule has 7 nitrogen and oxygen atoms in total. The number of nitrogens with zero attached hydrogens (tertiary/aromatic N) is 5. The van der Waals surface area contributed by atoms with Crippen molar-refractivity contribution in [2.45, 2.75) is 19.6 Å². The number of amides is 1. The van der Waals surface area contributed by atoms with Crippen molar-refractivity contribution in [3.8, 4) is 0 Å². The Morgan fingerprint density at radius 1 is 1.26 bits per heavy atom. The van der Waals surface area contributed by atoms with Gasteiger partial charge in [-0.2, -0.15) is 5.10 Å². The molecule has 0 saturated heterocycles. The summed E-state index contributed by atoms with van der Waals surface area (Å²) in [6.45, 7) is 2.70. The van der Waals surface area contributed by atoms with Gasteiger partial charge < -0.3 is 13.9 Å². The average molecular weight is 311 g/mol. The predicted octanol–water partition coefficient (Wildman–Crippen LogP) is 1.64. The number of fused-ring (bicyclic) bond motifs is 1. The van der Waals surface area contributed by atoms with Crippen molar-refractivity contribution in [1.29, 1.82) is 0 Å². The van der Waals surface area contributed by atoms with Crippen molar-refractivity contribution in [2.75, 3.05) is 6.54 Å². The smallest absolute Gasteiger partial charge is 0.289 e. The number of carbonyl (C=O) groups is 1. The molecule has 1 aliphatic rings. The maximum atomic E-state index is 12.7. The first kappa shape index (κ1) is 13.8. The molecule has 0 N–H and O–H groups in total. The van der Waals surface area contributed by atoms with Crippen molar-refractivity contribution in [2.24, 2.45) is 5.92 Å². The molecule has 1 aliphatic heterocycles. The molecule has 0 aliphatic carbocycles. The summed E-state index contributed by atoms with van der Waals surface area (Å²) in [6, 6.07) is 5.33. The first-order valence-corrected chi connectivity index (χ1v) is 7.60. The lowest BCUT2D eigenvalue weighted by atomic mass is 10.1. The standard InChI is InChI=1S/C16H17N5O2/c22-16(14-3-1-8-23-14)20-10-13(11-21-6-2-4-18-21)9-19-7-5-17-15(19)12-20/h1-8,13H,9-12H2/t13-/m1/s1. The Bertz CT molecular complexity index is 775. The highest BCUT2D eigenvalue weighted by Gasteiger charge is 2.27. The molecule has 1 atom stereocenters. The highest BCUT2D eigenvalue weighted by Crippen LogP contribution is 2.19. The summed E-state index contributed by atoms with van der Waals surface area (Å²) in [5.41, 5.74) is 0. The third kappa shape index (κ3) is 2.77. The Labute approximate surface area is 133 Å². The van der Waals surface area contributed by atoms with Crippen LogP contribution < -0.4 is 0 Å². The fourth-order valence-corrected chi connectivity index (χ4v) is 3.04. The summed E-state index contributed by atoms with van der Waals surface area (Å²) in [5.74, 6) is 1.41. The normalized spacial score (nSPS) is 17.7. The van der Waals surface area contributed by atoms with E-state index in [9.17, 15) is 4.79 Å². The molecule has 0 bridgehead atoms. The Kier molecular flexibility index (Phi) is 3.45. The maximum absolute atomic E-state index is 12.7. The molecule has 118 valence electrons. The van der Waals surface area contributed by atoms with E-state index in [0.29, 0.717) is 18.8 Å². The Morgan fingerprint density at radius 3 is 3.00 bits per heavy atom. The third-order valence-corrected chi connectivity index (χ3v) is 4.09. The molecule has 0 aromatic carbocycles. The van der Waals surface area contributed by atoms with Gasteiger partial charge in [-0.1, -0.05) is 0 Å². The molecular weight excluding hydrogens is 294 g/mol. The zero-order chi connectivity index (χ0) is 15.6. The molecular formula is C16H17N5O2. The number of carbonyl (C=O) groups excluding carboxylic acids is 1. The third-order valence-electron chi connectivity index (χ3n) is 4.09. The van der Waals surface area contributed by atoms with Crippen LogP contribution >= 0.6 is 0 Å². The van der Waals surface area contributed by atoms with Gasteiger partial charge in [0.25, 0.3) is 5.91 Å². The van der Waals surface area contributed by atoms with E-state index in [4.69, 9.17) is 4.42 Å². The molecule has 3 aromatic heterocycles. The van der Waals surface area contributed by atoms with Crippen molar-refractivity contribution < 1.29 is 9.21 Å². The molecule has 7 heteroatoms. The van der Waals surface area contributed by atoms with Crippen LogP contribution in [0.25, 0.3) is 0 Å². The van der Waals surface area contributed by atoms with Crippen LogP contribution in [0.5, 0.6) is 0 Å². The van der Waals surface area contributed by atoms with E-state index < -0.39 is 0 Å². The Balaban J connectivity index is 1.60. The molecule has 3 aromatic rings. The molecule has 0 spiro atoms. The molecule has 1 amide bonds. The van der Waals surface area contributed by atoms with E-state index in [-0.39, 0.29) is 11.8 Å². The minimum absolute atomic E-state index is 0.100. The second-order valence-corrected chi connectivity index (χ2v) is 5.75. The van der Waals surface area contributed by atoms with Gasteiger partial charge in [0.05, 0.1) is 12.8 Å². The molecule has 4 heterocycles. The zero-order valence-corrected chi connectivity index (χ0v) is 12.6. The van der Waals surface area contributed by atoms with Gasteiger partial charge in [-0.05, 0) is 18.2 Å². The zero-order valence-electron chi connectivity index (χ0n) is 12.6. The van der Waals surface area contributed by atoms with Gasteiger partial charge >= 0.3 is 0 Å². The lowest BCUT2D eigenvalue weighted by Gasteiger charge is -2.23. The van der Waals surface area contributed by atoms with Gasteiger partial charge in [0.1, 0.15) is 5.82 Å². The van der Waals surface area contributed by atoms with Crippen LogP contribution in [0.3, 0.4) is 0 Å². The first-order chi connectivity index (χ1) is 11.3. The van der Waals surface area contributed by atoms with Gasteiger partial charge in [0, 0.05) is 50.3 Å². The van der Waals surface area contributed by atoms with Crippen LogP contribution in [0.4, 0.5) is 0 Å². The van der Waals surface area contributed by atoms with Crippen LogP contribution in [0.1, 0.15) is 16.4 Å². The predicted molar refractivity (Wildman–Crippen MR) is 81.4 cm³/mol. The summed E-state index contributed by atoms with van der Waals surface area (Å²) >= 11 is 0. The van der Waals surface area contributed by atoms with E-state index in [1.54, 1.807) is 29.4 Å². The molecule has 0 radical (unpaired) electrons. The number of aromatic nitrogens is 4. The van der Waals surface area contributed by atoms with E-state index >= 15 is 0 Å². The fraction of sp³-hybridized carbons (Fsp3) is 0.312. The van der Waals surface area contributed by atoms with E-state index in [1.165, 1.54) is 6.26 Å². The Hall–Kier alpha value is -2.83. The molecule has 0 fully saturated rings. The van der Waals surface area contributed by atoms with Crippen molar-refractivity contribution >= 4 is 5.91 Å². The van der Waals surface area contributed by atoms with Gasteiger partial charge in [-0.3, -0.25) is 9.48 Å². The van der Waals surface area contributed by atoms with E-state index in [0.717, 1.165) is 18.9 Å². The summed E-state index contributed by atoms with van der Waals surface area (Å²) in [5, 5.41) is 4.27. The highest BCUT2D eigenvalue weighted by atomic mass is 16.3. The van der Waals surface area contributed by atoms with Crippen molar-refractivity contribution in [1.82, 2.24) is 24.2 Å². The molecule has 23 heavy (non-hydrogen) atoms. The van der Waals surface area contributed by atoms with Crippen molar-refractivity contribution in [3.05, 3.63) is 60.8 Å². The summed E-state index contributed by atoms with van der Waals surface area (Å²) < 4.78 is 9.28. The second-order valence-electron chi connectivity index (χ2n) is 5.75.